The van der Waals surface area contributed by atoms with Gasteiger partial charge in [-0.1, -0.05) is 28.9 Å². The summed E-state index contributed by atoms with van der Waals surface area (Å²) < 4.78 is 6.44. The fourth-order valence-corrected chi connectivity index (χ4v) is 3.66. The zero-order chi connectivity index (χ0) is 22.1. The zero-order valence-corrected chi connectivity index (χ0v) is 19.1. The van der Waals surface area contributed by atoms with E-state index in [1.165, 1.54) is 6.07 Å². The number of phenols is 1. The fourth-order valence-electron chi connectivity index (χ4n) is 2.87. The van der Waals surface area contributed by atoms with Gasteiger partial charge in [0.05, 0.1) is 0 Å². The summed E-state index contributed by atoms with van der Waals surface area (Å²) in [7, 11) is 0. The maximum atomic E-state index is 12.5. The van der Waals surface area contributed by atoms with E-state index in [0.29, 0.717) is 24.1 Å². The molecule has 160 valence electrons. The maximum Gasteiger partial charge on any atom is 0.412 e. The molecular formula is C22H24BrNO5S. The number of carboxylic acid groups (broad SMARTS) is 1. The molecular weight excluding hydrogens is 470 g/mol. The lowest BCUT2D eigenvalue weighted by molar-refractivity contribution is -0.131. The minimum Gasteiger partial charge on any atom is -0.508 e. The molecule has 3 N–H and O–H groups in total. The number of carbonyl (C=O) groups is 2. The van der Waals surface area contributed by atoms with E-state index in [1.807, 2.05) is 25.3 Å². The Morgan fingerprint density at radius 1 is 1.23 bits per heavy atom. The molecule has 2 aromatic rings. The Morgan fingerprint density at radius 2 is 1.93 bits per heavy atom. The number of anilines is 1. The Labute approximate surface area is 188 Å². The van der Waals surface area contributed by atoms with Gasteiger partial charge in [0.15, 0.2) is 0 Å². The third-order valence-corrected chi connectivity index (χ3v) is 5.67. The first kappa shape index (κ1) is 23.8. The number of halogens is 1. The topological polar surface area (TPSA) is 95.9 Å². The van der Waals surface area contributed by atoms with Crippen LogP contribution in [0, 0.1) is 5.92 Å². The van der Waals surface area contributed by atoms with Crippen LogP contribution in [-0.4, -0.2) is 28.5 Å². The van der Waals surface area contributed by atoms with Crippen LogP contribution in [-0.2, 0) is 9.53 Å². The molecule has 0 aliphatic heterocycles. The molecule has 0 unspecified atom stereocenters. The van der Waals surface area contributed by atoms with Crippen molar-refractivity contribution in [3.05, 3.63) is 64.7 Å². The van der Waals surface area contributed by atoms with Gasteiger partial charge in [0, 0.05) is 26.7 Å². The lowest BCUT2D eigenvalue weighted by atomic mass is 9.92. The van der Waals surface area contributed by atoms with Crippen LogP contribution in [0.2, 0.25) is 0 Å². The standard InChI is InChI=1S/C22H24BrNO5S/c1-14(5-3-4-6-20(26)27)21(18-13-15(23)7-12-19(18)25)29-22(28)24-16-8-10-17(30-2)11-9-16/h4,6-14,21,25H,3,5H2,1-2H3,(H,24,28)(H,26,27)/b6-4+/t14-,21+/m1/s1. The van der Waals surface area contributed by atoms with E-state index in [4.69, 9.17) is 9.84 Å². The summed E-state index contributed by atoms with van der Waals surface area (Å²) in [6.45, 7) is 1.89. The van der Waals surface area contributed by atoms with Crippen molar-refractivity contribution in [2.45, 2.75) is 30.8 Å². The first-order chi connectivity index (χ1) is 14.3. The van der Waals surface area contributed by atoms with Crippen LogP contribution in [0.3, 0.4) is 0 Å². The number of hydrogen-bond acceptors (Lipinski definition) is 5. The molecule has 0 aliphatic rings. The van der Waals surface area contributed by atoms with Crippen LogP contribution in [0.5, 0.6) is 5.75 Å². The summed E-state index contributed by atoms with van der Waals surface area (Å²) >= 11 is 4.99. The smallest absolute Gasteiger partial charge is 0.412 e. The summed E-state index contributed by atoms with van der Waals surface area (Å²) in [4.78, 5) is 24.3. The summed E-state index contributed by atoms with van der Waals surface area (Å²) in [5.74, 6) is -1.16. The number of ether oxygens (including phenoxy) is 1. The van der Waals surface area contributed by atoms with Crippen LogP contribution < -0.4 is 5.32 Å². The number of thioether (sulfide) groups is 1. The number of allylic oxidation sites excluding steroid dienone is 1. The average molecular weight is 494 g/mol. The molecule has 0 radical (unpaired) electrons. The van der Waals surface area contributed by atoms with Gasteiger partial charge in [-0.15, -0.1) is 11.8 Å². The molecule has 0 spiro atoms. The minimum absolute atomic E-state index is 0.0215. The molecule has 0 fully saturated rings. The molecule has 6 nitrogen and oxygen atoms in total. The Bertz CT molecular complexity index is 901. The molecule has 0 heterocycles. The Balaban J connectivity index is 2.16. The number of carboxylic acids is 1. The van der Waals surface area contributed by atoms with Crippen molar-refractivity contribution in [2.24, 2.45) is 5.92 Å². The quantitative estimate of drug-likeness (QED) is 0.283. The van der Waals surface area contributed by atoms with Gasteiger partial charge in [0.25, 0.3) is 0 Å². The number of benzene rings is 2. The first-order valence-corrected chi connectivity index (χ1v) is 11.3. The summed E-state index contributed by atoms with van der Waals surface area (Å²) in [5, 5.41) is 21.8. The molecule has 1 amide bonds. The number of nitrogens with one attached hydrogen (secondary N) is 1. The third-order valence-electron chi connectivity index (χ3n) is 4.43. The molecule has 2 atom stereocenters. The van der Waals surface area contributed by atoms with E-state index in [-0.39, 0.29) is 11.7 Å². The predicted octanol–water partition coefficient (Wildman–Crippen LogP) is 6.22. The highest BCUT2D eigenvalue weighted by Crippen LogP contribution is 2.36. The highest BCUT2D eigenvalue weighted by Gasteiger charge is 2.26. The number of hydrogen-bond donors (Lipinski definition) is 3. The second-order valence-corrected chi connectivity index (χ2v) is 8.47. The first-order valence-electron chi connectivity index (χ1n) is 9.29. The monoisotopic (exact) mass is 493 g/mol. The minimum atomic E-state index is -1.01. The van der Waals surface area contributed by atoms with Crippen molar-refractivity contribution in [1.82, 2.24) is 0 Å². The summed E-state index contributed by atoms with van der Waals surface area (Å²) in [5.41, 5.74) is 1.08. The van der Waals surface area contributed by atoms with E-state index in [1.54, 1.807) is 42.1 Å². The number of rotatable bonds is 9. The van der Waals surface area contributed by atoms with Gasteiger partial charge < -0.3 is 14.9 Å². The molecule has 8 heteroatoms. The van der Waals surface area contributed by atoms with Crippen molar-refractivity contribution in [1.29, 1.82) is 0 Å². The maximum absolute atomic E-state index is 12.5. The Morgan fingerprint density at radius 3 is 2.57 bits per heavy atom. The molecule has 30 heavy (non-hydrogen) atoms. The molecule has 0 saturated carbocycles. The molecule has 2 aromatic carbocycles. The molecule has 0 aliphatic carbocycles. The number of phenolic OH excluding ortho intramolecular Hbond substituents is 1. The summed E-state index contributed by atoms with van der Waals surface area (Å²) in [6, 6.07) is 12.3. The van der Waals surface area contributed by atoms with Gasteiger partial charge in [-0.25, -0.2) is 9.59 Å². The second-order valence-electron chi connectivity index (χ2n) is 6.68. The predicted molar refractivity (Wildman–Crippen MR) is 122 cm³/mol. The van der Waals surface area contributed by atoms with Crippen LogP contribution in [0.15, 0.2) is 64.0 Å². The Hall–Kier alpha value is -2.45. The largest absolute Gasteiger partial charge is 0.508 e. The van der Waals surface area contributed by atoms with E-state index >= 15 is 0 Å². The van der Waals surface area contributed by atoms with Gasteiger partial charge >= 0.3 is 12.1 Å². The highest BCUT2D eigenvalue weighted by atomic mass is 79.9. The fraction of sp³-hybridized carbons (Fsp3) is 0.273. The Kier molecular flexibility index (Phi) is 9.26. The van der Waals surface area contributed by atoms with Crippen LogP contribution in [0.1, 0.15) is 31.4 Å². The van der Waals surface area contributed by atoms with Crippen LogP contribution >= 0.6 is 27.7 Å². The lowest BCUT2D eigenvalue weighted by Crippen LogP contribution is -2.22. The molecule has 0 saturated heterocycles. The van der Waals surface area contributed by atoms with Gasteiger partial charge in [0.2, 0.25) is 0 Å². The van der Waals surface area contributed by atoms with Crippen LogP contribution in [0.4, 0.5) is 10.5 Å². The van der Waals surface area contributed by atoms with E-state index in [2.05, 4.69) is 21.2 Å². The van der Waals surface area contributed by atoms with Crippen molar-refractivity contribution >= 4 is 45.4 Å². The zero-order valence-electron chi connectivity index (χ0n) is 16.7. The van der Waals surface area contributed by atoms with Crippen LogP contribution in [0.25, 0.3) is 0 Å². The normalized spacial score (nSPS) is 13.0. The van der Waals surface area contributed by atoms with Crippen molar-refractivity contribution < 1.29 is 24.5 Å². The third kappa shape index (κ3) is 7.42. The summed E-state index contributed by atoms with van der Waals surface area (Å²) in [6.07, 6.45) is 4.33. The molecule has 0 aromatic heterocycles. The van der Waals surface area contributed by atoms with Crippen molar-refractivity contribution in [2.75, 3.05) is 11.6 Å². The van der Waals surface area contributed by atoms with E-state index in [0.717, 1.165) is 15.4 Å². The number of amides is 1. The van der Waals surface area contributed by atoms with Gasteiger partial charge in [0.1, 0.15) is 11.9 Å². The number of carbonyl (C=O) groups excluding carboxylic acids is 1. The second kappa shape index (κ2) is 11.7. The lowest BCUT2D eigenvalue weighted by Gasteiger charge is -2.25. The van der Waals surface area contributed by atoms with Gasteiger partial charge in [-0.2, -0.15) is 0 Å². The molecule has 0 bridgehead atoms. The van der Waals surface area contributed by atoms with E-state index in [9.17, 15) is 14.7 Å². The molecule has 2 rings (SSSR count). The van der Waals surface area contributed by atoms with Crippen molar-refractivity contribution in [3.8, 4) is 5.75 Å². The average Bonchev–Trinajstić information content (AvgIpc) is 2.71. The number of aliphatic carboxylic acids is 1. The number of aromatic hydroxyl groups is 1. The van der Waals surface area contributed by atoms with E-state index < -0.39 is 18.2 Å². The van der Waals surface area contributed by atoms with Gasteiger partial charge in [-0.05, 0) is 67.5 Å². The van der Waals surface area contributed by atoms with Gasteiger partial charge in [-0.3, -0.25) is 5.32 Å². The van der Waals surface area contributed by atoms with Crippen molar-refractivity contribution in [3.63, 3.8) is 0 Å². The SMILES string of the molecule is CSc1ccc(NC(=O)O[C@H](c2cc(Br)ccc2O)[C@H](C)CC/C=C/C(=O)O)cc1. The highest BCUT2D eigenvalue weighted by molar-refractivity contribution is 9.10.